The van der Waals surface area contributed by atoms with E-state index in [9.17, 15) is 0 Å². The lowest BCUT2D eigenvalue weighted by atomic mass is 10.0. The van der Waals surface area contributed by atoms with Crippen molar-refractivity contribution in [1.29, 1.82) is 0 Å². The highest BCUT2D eigenvalue weighted by atomic mass is 35.5. The van der Waals surface area contributed by atoms with Gasteiger partial charge in [0.15, 0.2) is 4.96 Å². The molecular weight excluding hydrogens is 300 g/mol. The number of fused-ring (bicyclic) bond motifs is 1. The highest BCUT2D eigenvalue weighted by Crippen LogP contribution is 2.28. The normalized spacial score (nSPS) is 11.1. The van der Waals surface area contributed by atoms with E-state index in [2.05, 4.69) is 53.5 Å². The van der Waals surface area contributed by atoms with E-state index in [1.165, 1.54) is 22.5 Å². The van der Waals surface area contributed by atoms with Crippen LogP contribution in [-0.2, 0) is 0 Å². The molecule has 0 radical (unpaired) electrons. The number of hydrogen-bond acceptors (Lipinski definition) is 2. The lowest BCUT2D eigenvalue weighted by molar-refractivity contribution is 1.23. The zero-order valence-corrected chi connectivity index (χ0v) is 12.6. The number of nitrogens with zero attached hydrogens (tertiary/aromatic N) is 2. The van der Waals surface area contributed by atoms with Crippen molar-refractivity contribution in [2.75, 3.05) is 0 Å². The Bertz CT molecular complexity index is 860. The second-order valence-corrected chi connectivity index (χ2v) is 6.44. The van der Waals surface area contributed by atoms with Crippen LogP contribution in [0, 0.1) is 0 Å². The fourth-order valence-corrected chi connectivity index (χ4v) is 3.38. The van der Waals surface area contributed by atoms with Crippen molar-refractivity contribution in [1.82, 2.24) is 9.38 Å². The molecule has 0 aliphatic heterocycles. The predicted octanol–water partition coefficient (Wildman–Crippen LogP) is 5.38. The lowest BCUT2D eigenvalue weighted by Crippen LogP contribution is -1.80. The number of hydrogen-bond donors (Lipinski definition) is 0. The third-order valence-corrected chi connectivity index (χ3v) is 4.53. The molecular formula is C17H11ClN2S. The van der Waals surface area contributed by atoms with Gasteiger partial charge in [0.2, 0.25) is 0 Å². The smallest absolute Gasteiger partial charge is 0.195 e. The molecule has 4 aromatic rings. The molecule has 0 saturated carbocycles. The molecule has 0 aliphatic carbocycles. The van der Waals surface area contributed by atoms with Crippen LogP contribution in [0.15, 0.2) is 67.0 Å². The molecule has 4 heteroatoms. The van der Waals surface area contributed by atoms with Crippen LogP contribution in [0.2, 0.25) is 4.34 Å². The van der Waals surface area contributed by atoms with Gasteiger partial charge in [0.25, 0.3) is 0 Å². The van der Waals surface area contributed by atoms with Crippen molar-refractivity contribution < 1.29 is 0 Å². The summed E-state index contributed by atoms with van der Waals surface area (Å²) in [7, 11) is 0. The molecule has 0 bridgehead atoms. The van der Waals surface area contributed by atoms with Crippen LogP contribution in [0.5, 0.6) is 0 Å². The average molecular weight is 311 g/mol. The Morgan fingerprint density at radius 3 is 2.19 bits per heavy atom. The molecule has 2 aromatic carbocycles. The molecule has 0 spiro atoms. The van der Waals surface area contributed by atoms with Gasteiger partial charge in [-0.05, 0) is 11.1 Å². The van der Waals surface area contributed by atoms with E-state index in [0.717, 1.165) is 20.6 Å². The van der Waals surface area contributed by atoms with E-state index in [-0.39, 0.29) is 0 Å². The molecule has 2 nitrogen and oxygen atoms in total. The van der Waals surface area contributed by atoms with Gasteiger partial charge < -0.3 is 0 Å². The summed E-state index contributed by atoms with van der Waals surface area (Å²) < 4.78 is 2.72. The van der Waals surface area contributed by atoms with Crippen molar-refractivity contribution in [3.05, 3.63) is 71.3 Å². The van der Waals surface area contributed by atoms with E-state index >= 15 is 0 Å². The average Bonchev–Trinajstić information content (AvgIpc) is 3.06. The van der Waals surface area contributed by atoms with Gasteiger partial charge in [0, 0.05) is 18.0 Å². The van der Waals surface area contributed by atoms with Gasteiger partial charge in [0.1, 0.15) is 4.34 Å². The highest BCUT2D eigenvalue weighted by molar-refractivity contribution is 7.20. The molecule has 2 heterocycles. The first-order valence-corrected chi connectivity index (χ1v) is 7.79. The topological polar surface area (TPSA) is 17.3 Å². The van der Waals surface area contributed by atoms with E-state index in [4.69, 9.17) is 11.6 Å². The van der Waals surface area contributed by atoms with E-state index < -0.39 is 0 Å². The highest BCUT2D eigenvalue weighted by Gasteiger charge is 2.07. The Labute approximate surface area is 131 Å². The van der Waals surface area contributed by atoms with Crippen LogP contribution >= 0.6 is 22.9 Å². The Morgan fingerprint density at radius 2 is 1.48 bits per heavy atom. The molecule has 102 valence electrons. The Morgan fingerprint density at radius 1 is 0.810 bits per heavy atom. The number of aromatic nitrogens is 2. The van der Waals surface area contributed by atoms with Crippen molar-refractivity contribution in [3.8, 4) is 22.4 Å². The van der Waals surface area contributed by atoms with Crippen LogP contribution < -0.4 is 0 Å². The van der Waals surface area contributed by atoms with Crippen LogP contribution in [0.1, 0.15) is 0 Å². The Balaban J connectivity index is 1.71. The van der Waals surface area contributed by atoms with Crippen molar-refractivity contribution in [2.45, 2.75) is 0 Å². The van der Waals surface area contributed by atoms with Crippen LogP contribution in [-0.4, -0.2) is 9.38 Å². The molecule has 21 heavy (non-hydrogen) atoms. The fourth-order valence-electron chi connectivity index (χ4n) is 2.37. The first-order chi connectivity index (χ1) is 10.3. The van der Waals surface area contributed by atoms with Gasteiger partial charge in [-0.25, -0.2) is 4.98 Å². The third kappa shape index (κ3) is 2.35. The summed E-state index contributed by atoms with van der Waals surface area (Å²) in [6.07, 6.45) is 3.89. The van der Waals surface area contributed by atoms with Crippen LogP contribution in [0.4, 0.5) is 0 Å². The minimum Gasteiger partial charge on any atom is -0.296 e. The first kappa shape index (κ1) is 12.6. The molecule has 0 N–H and O–H groups in total. The van der Waals surface area contributed by atoms with Gasteiger partial charge in [-0.1, -0.05) is 77.5 Å². The largest absolute Gasteiger partial charge is 0.296 e. The predicted molar refractivity (Wildman–Crippen MR) is 89.0 cm³/mol. The maximum absolute atomic E-state index is 5.97. The maximum atomic E-state index is 5.97. The number of benzene rings is 2. The van der Waals surface area contributed by atoms with Gasteiger partial charge >= 0.3 is 0 Å². The number of rotatable bonds is 2. The summed E-state index contributed by atoms with van der Waals surface area (Å²) in [4.78, 5) is 5.52. The maximum Gasteiger partial charge on any atom is 0.195 e. The summed E-state index contributed by atoms with van der Waals surface area (Å²) in [5, 5.41) is 0. The summed E-state index contributed by atoms with van der Waals surface area (Å²) >= 11 is 7.45. The number of halogens is 1. The van der Waals surface area contributed by atoms with E-state index in [1.54, 1.807) is 0 Å². The zero-order valence-electron chi connectivity index (χ0n) is 11.0. The summed E-state index contributed by atoms with van der Waals surface area (Å²) in [5.41, 5.74) is 4.52. The Hall–Kier alpha value is -2.10. The third-order valence-electron chi connectivity index (χ3n) is 3.42. The fraction of sp³-hybridized carbons (Fsp3) is 0. The van der Waals surface area contributed by atoms with E-state index in [1.807, 2.05) is 22.9 Å². The SMILES string of the molecule is Clc1cn2cc(-c3ccc(-c4ccccc4)cc3)nc2s1. The molecule has 0 saturated heterocycles. The second-order valence-electron chi connectivity index (χ2n) is 4.79. The Kier molecular flexibility index (Phi) is 3.02. The molecule has 0 unspecified atom stereocenters. The van der Waals surface area contributed by atoms with Crippen molar-refractivity contribution in [3.63, 3.8) is 0 Å². The first-order valence-electron chi connectivity index (χ1n) is 6.59. The van der Waals surface area contributed by atoms with Gasteiger partial charge in [0.05, 0.1) is 5.69 Å². The van der Waals surface area contributed by atoms with Crippen LogP contribution in [0.3, 0.4) is 0 Å². The number of imidazole rings is 1. The van der Waals surface area contributed by atoms with Crippen LogP contribution in [0.25, 0.3) is 27.3 Å². The lowest BCUT2D eigenvalue weighted by Gasteiger charge is -2.02. The minimum atomic E-state index is 0.753. The summed E-state index contributed by atoms with van der Waals surface area (Å²) in [6.45, 7) is 0. The summed E-state index contributed by atoms with van der Waals surface area (Å²) in [6, 6.07) is 18.8. The van der Waals surface area contributed by atoms with Gasteiger partial charge in [-0.2, -0.15) is 0 Å². The quantitative estimate of drug-likeness (QED) is 0.485. The molecule has 2 aromatic heterocycles. The second kappa shape index (κ2) is 5.02. The summed E-state index contributed by atoms with van der Waals surface area (Å²) in [5.74, 6) is 0. The molecule has 0 aliphatic rings. The van der Waals surface area contributed by atoms with Gasteiger partial charge in [-0.15, -0.1) is 0 Å². The minimum absolute atomic E-state index is 0.753. The number of thiazole rings is 1. The van der Waals surface area contributed by atoms with Crippen molar-refractivity contribution >= 4 is 27.9 Å². The molecule has 0 amide bonds. The molecule has 4 rings (SSSR count). The monoisotopic (exact) mass is 310 g/mol. The van der Waals surface area contributed by atoms with Crippen molar-refractivity contribution in [2.24, 2.45) is 0 Å². The van der Waals surface area contributed by atoms with Gasteiger partial charge in [-0.3, -0.25) is 4.40 Å². The standard InChI is InChI=1S/C17H11ClN2S/c18-16-11-20-10-15(19-17(20)21-16)14-8-6-13(7-9-14)12-4-2-1-3-5-12/h1-11H. The van der Waals surface area contributed by atoms with E-state index in [0.29, 0.717) is 0 Å². The molecule has 0 fully saturated rings. The zero-order chi connectivity index (χ0) is 14.2. The molecule has 0 atom stereocenters.